The summed E-state index contributed by atoms with van der Waals surface area (Å²) in [6.07, 6.45) is 4.13. The Labute approximate surface area is 78.0 Å². The highest BCUT2D eigenvalue weighted by atomic mass is 16.1. The molecule has 0 atom stereocenters. The molecule has 0 spiro atoms. The van der Waals surface area contributed by atoms with Crippen LogP contribution in [-0.2, 0) is 5.41 Å². The molecule has 1 saturated carbocycles. The number of Topliss-reactive ketones (excluding diaryl/α,β-unsaturated/α-hetero) is 1. The number of pyridine rings is 1. The second-order valence-corrected chi connectivity index (χ2v) is 4.05. The van der Waals surface area contributed by atoms with E-state index in [4.69, 9.17) is 0 Å². The zero-order valence-electron chi connectivity index (χ0n) is 8.00. The van der Waals surface area contributed by atoms with Gasteiger partial charge in [-0.2, -0.15) is 0 Å². The lowest BCUT2D eigenvalue weighted by Crippen LogP contribution is -2.04. The predicted octanol–water partition coefficient (Wildman–Crippen LogP) is 2.34. The summed E-state index contributed by atoms with van der Waals surface area (Å²) >= 11 is 0. The topological polar surface area (TPSA) is 30.0 Å². The van der Waals surface area contributed by atoms with Gasteiger partial charge in [-0.05, 0) is 31.9 Å². The van der Waals surface area contributed by atoms with Crippen LogP contribution in [0, 0.1) is 0 Å². The Kier molecular flexibility index (Phi) is 1.72. The maximum Gasteiger partial charge on any atom is 0.161 e. The van der Waals surface area contributed by atoms with Crippen LogP contribution in [0.2, 0.25) is 0 Å². The second kappa shape index (κ2) is 2.66. The first kappa shape index (κ1) is 8.42. The number of ketones is 1. The maximum atomic E-state index is 11.0. The van der Waals surface area contributed by atoms with E-state index < -0.39 is 0 Å². The van der Waals surface area contributed by atoms with E-state index in [1.807, 2.05) is 12.1 Å². The molecule has 2 rings (SSSR count). The summed E-state index contributed by atoms with van der Waals surface area (Å²) in [5.74, 6) is 0.0833. The van der Waals surface area contributed by atoms with Gasteiger partial charge in [0.05, 0.1) is 0 Å². The minimum atomic E-state index is 0.0833. The van der Waals surface area contributed by atoms with Crippen molar-refractivity contribution in [2.45, 2.75) is 32.1 Å². The van der Waals surface area contributed by atoms with E-state index in [1.54, 1.807) is 13.1 Å². The van der Waals surface area contributed by atoms with Crippen LogP contribution in [0.1, 0.15) is 42.7 Å². The van der Waals surface area contributed by atoms with Gasteiger partial charge in [-0.3, -0.25) is 9.78 Å². The first-order valence-corrected chi connectivity index (χ1v) is 4.59. The van der Waals surface area contributed by atoms with Crippen molar-refractivity contribution in [3.8, 4) is 0 Å². The van der Waals surface area contributed by atoms with E-state index in [1.165, 1.54) is 12.8 Å². The van der Waals surface area contributed by atoms with E-state index >= 15 is 0 Å². The van der Waals surface area contributed by atoms with Crippen LogP contribution in [0.3, 0.4) is 0 Å². The van der Waals surface area contributed by atoms with Crippen molar-refractivity contribution in [2.75, 3.05) is 0 Å². The molecule has 1 aliphatic carbocycles. The average Bonchev–Trinajstić information content (AvgIpc) is 2.85. The van der Waals surface area contributed by atoms with Crippen molar-refractivity contribution in [1.29, 1.82) is 0 Å². The van der Waals surface area contributed by atoms with Gasteiger partial charge in [0.1, 0.15) is 0 Å². The lowest BCUT2D eigenvalue weighted by atomic mass is 10.0. The third-order valence-electron chi connectivity index (χ3n) is 2.79. The highest BCUT2D eigenvalue weighted by Crippen LogP contribution is 2.46. The molecular weight excluding hydrogens is 162 g/mol. The van der Waals surface area contributed by atoms with Crippen LogP contribution in [0.25, 0.3) is 0 Å². The van der Waals surface area contributed by atoms with Gasteiger partial charge in [0.15, 0.2) is 5.78 Å². The number of carbonyl (C=O) groups is 1. The van der Waals surface area contributed by atoms with Crippen molar-refractivity contribution in [3.63, 3.8) is 0 Å². The summed E-state index contributed by atoms with van der Waals surface area (Å²) in [4.78, 5) is 15.3. The largest absolute Gasteiger partial charge is 0.294 e. The molecule has 0 aliphatic heterocycles. The van der Waals surface area contributed by atoms with Crippen molar-refractivity contribution in [3.05, 3.63) is 29.6 Å². The van der Waals surface area contributed by atoms with Gasteiger partial charge < -0.3 is 0 Å². The molecule has 13 heavy (non-hydrogen) atoms. The molecule has 68 valence electrons. The van der Waals surface area contributed by atoms with Crippen LogP contribution in [-0.4, -0.2) is 10.8 Å². The Morgan fingerprint density at radius 3 is 2.54 bits per heavy atom. The van der Waals surface area contributed by atoms with Gasteiger partial charge in [0.25, 0.3) is 0 Å². The lowest BCUT2D eigenvalue weighted by molar-refractivity contribution is 0.101. The molecule has 1 aromatic heterocycles. The van der Waals surface area contributed by atoms with Gasteiger partial charge in [0, 0.05) is 22.9 Å². The molecule has 0 N–H and O–H groups in total. The number of rotatable bonds is 2. The number of hydrogen-bond donors (Lipinski definition) is 0. The zero-order chi connectivity index (χ0) is 9.47. The van der Waals surface area contributed by atoms with Crippen LogP contribution in [0.5, 0.6) is 0 Å². The maximum absolute atomic E-state index is 11.0. The molecular formula is C11H13NO. The Balaban J connectivity index is 2.28. The Morgan fingerprint density at radius 1 is 1.46 bits per heavy atom. The Bertz CT molecular complexity index is 336. The highest BCUT2D eigenvalue weighted by Gasteiger charge is 2.40. The SMILES string of the molecule is CC(=O)c1ccc(C2(C)CC2)nc1. The predicted molar refractivity (Wildman–Crippen MR) is 50.8 cm³/mol. The third kappa shape index (κ3) is 1.48. The van der Waals surface area contributed by atoms with E-state index in [0.717, 1.165) is 5.69 Å². The van der Waals surface area contributed by atoms with Crippen LogP contribution < -0.4 is 0 Å². The van der Waals surface area contributed by atoms with Crippen molar-refractivity contribution < 1.29 is 4.79 Å². The first-order chi connectivity index (χ1) is 6.12. The monoisotopic (exact) mass is 175 g/mol. The minimum Gasteiger partial charge on any atom is -0.294 e. The minimum absolute atomic E-state index is 0.0833. The van der Waals surface area contributed by atoms with E-state index in [-0.39, 0.29) is 5.78 Å². The number of carbonyl (C=O) groups excluding carboxylic acids is 1. The molecule has 1 fully saturated rings. The lowest BCUT2D eigenvalue weighted by Gasteiger charge is -2.06. The van der Waals surface area contributed by atoms with Gasteiger partial charge in [-0.1, -0.05) is 6.92 Å². The average molecular weight is 175 g/mol. The molecule has 0 bridgehead atoms. The summed E-state index contributed by atoms with van der Waals surface area (Å²) in [7, 11) is 0. The fourth-order valence-corrected chi connectivity index (χ4v) is 1.40. The number of hydrogen-bond acceptors (Lipinski definition) is 2. The number of aromatic nitrogens is 1. The van der Waals surface area contributed by atoms with Gasteiger partial charge in [-0.15, -0.1) is 0 Å². The summed E-state index contributed by atoms with van der Waals surface area (Å²) in [5.41, 5.74) is 2.13. The van der Waals surface area contributed by atoms with Gasteiger partial charge in [-0.25, -0.2) is 0 Å². The summed E-state index contributed by atoms with van der Waals surface area (Å²) in [6, 6.07) is 3.85. The Hall–Kier alpha value is -1.18. The van der Waals surface area contributed by atoms with E-state index in [2.05, 4.69) is 11.9 Å². The second-order valence-electron chi connectivity index (χ2n) is 4.05. The molecule has 0 unspecified atom stereocenters. The van der Waals surface area contributed by atoms with E-state index in [9.17, 15) is 4.79 Å². The molecule has 0 amide bonds. The standard InChI is InChI=1S/C11H13NO/c1-8(13)9-3-4-10(12-7-9)11(2)5-6-11/h3-4,7H,5-6H2,1-2H3. The molecule has 1 aliphatic rings. The molecule has 2 nitrogen and oxygen atoms in total. The molecule has 2 heteroatoms. The summed E-state index contributed by atoms with van der Waals surface area (Å²) in [6.45, 7) is 3.78. The molecule has 0 saturated heterocycles. The van der Waals surface area contributed by atoms with Crippen LogP contribution in [0.15, 0.2) is 18.3 Å². The van der Waals surface area contributed by atoms with Gasteiger partial charge in [0.2, 0.25) is 0 Å². The van der Waals surface area contributed by atoms with Crippen molar-refractivity contribution in [2.24, 2.45) is 0 Å². The van der Waals surface area contributed by atoms with Gasteiger partial charge >= 0.3 is 0 Å². The smallest absolute Gasteiger partial charge is 0.161 e. The molecule has 0 radical (unpaired) electrons. The molecule has 1 heterocycles. The van der Waals surface area contributed by atoms with Crippen LogP contribution in [0.4, 0.5) is 0 Å². The van der Waals surface area contributed by atoms with Crippen molar-refractivity contribution >= 4 is 5.78 Å². The third-order valence-corrected chi connectivity index (χ3v) is 2.79. The molecule has 0 aromatic carbocycles. The zero-order valence-corrected chi connectivity index (χ0v) is 8.00. The number of nitrogens with zero attached hydrogens (tertiary/aromatic N) is 1. The fourth-order valence-electron chi connectivity index (χ4n) is 1.40. The van der Waals surface area contributed by atoms with Crippen LogP contribution >= 0.6 is 0 Å². The quantitative estimate of drug-likeness (QED) is 0.646. The fraction of sp³-hybridized carbons (Fsp3) is 0.455. The highest BCUT2D eigenvalue weighted by molar-refractivity contribution is 5.93. The van der Waals surface area contributed by atoms with Crippen molar-refractivity contribution in [1.82, 2.24) is 4.98 Å². The molecule has 1 aromatic rings. The summed E-state index contributed by atoms with van der Waals surface area (Å²) < 4.78 is 0. The first-order valence-electron chi connectivity index (χ1n) is 4.59. The summed E-state index contributed by atoms with van der Waals surface area (Å²) in [5, 5.41) is 0. The normalized spacial score (nSPS) is 18.3. The van der Waals surface area contributed by atoms with E-state index in [0.29, 0.717) is 11.0 Å². The Morgan fingerprint density at radius 2 is 2.15 bits per heavy atom.